The average molecular weight is 508 g/mol. The summed E-state index contributed by atoms with van der Waals surface area (Å²) in [5, 5.41) is 0. The fraction of sp³-hybridized carbons (Fsp3) is 0.312. The molecule has 6 nitrogen and oxygen atoms in total. The fourth-order valence-electron chi connectivity index (χ4n) is 5.25. The van der Waals surface area contributed by atoms with Crippen LogP contribution in [0.3, 0.4) is 0 Å². The van der Waals surface area contributed by atoms with Crippen molar-refractivity contribution >= 4 is 5.91 Å². The highest BCUT2D eigenvalue weighted by Gasteiger charge is 2.35. The first-order valence-electron chi connectivity index (χ1n) is 13.6. The Kier molecular flexibility index (Phi) is 8.98. The molecule has 1 fully saturated rings. The minimum Gasteiger partial charge on any atom is -0.337 e. The third kappa shape index (κ3) is 7.18. The molecule has 5 rings (SSSR count). The second-order valence-electron chi connectivity index (χ2n) is 10.1. The number of benzene rings is 3. The van der Waals surface area contributed by atoms with E-state index in [-0.39, 0.29) is 11.9 Å². The largest absolute Gasteiger partial charge is 0.337 e. The molecule has 38 heavy (non-hydrogen) atoms. The van der Waals surface area contributed by atoms with Crippen molar-refractivity contribution < 1.29 is 4.79 Å². The molecule has 0 N–H and O–H groups in total. The van der Waals surface area contributed by atoms with Crippen molar-refractivity contribution in [3.8, 4) is 0 Å². The summed E-state index contributed by atoms with van der Waals surface area (Å²) in [7, 11) is 0. The zero-order valence-electron chi connectivity index (χ0n) is 22.0. The summed E-state index contributed by atoms with van der Waals surface area (Å²) in [6, 6.07) is 31.3. The van der Waals surface area contributed by atoms with E-state index in [1.165, 1.54) is 11.1 Å². The summed E-state index contributed by atoms with van der Waals surface area (Å²) in [5.74, 6) is 0.216. The van der Waals surface area contributed by atoms with E-state index in [1.54, 1.807) is 6.20 Å². The van der Waals surface area contributed by atoms with Gasteiger partial charge in [-0.15, -0.1) is 0 Å². The van der Waals surface area contributed by atoms with Crippen molar-refractivity contribution in [2.45, 2.75) is 38.6 Å². The molecule has 0 bridgehead atoms. The van der Waals surface area contributed by atoms with Crippen LogP contribution in [-0.4, -0.2) is 62.4 Å². The average Bonchev–Trinajstić information content (AvgIpc) is 3.48. The number of hydrogen-bond acceptors (Lipinski definition) is 4. The lowest BCUT2D eigenvalue weighted by Gasteiger charge is -2.42. The summed E-state index contributed by atoms with van der Waals surface area (Å²) in [6.45, 7) is 6.37. The van der Waals surface area contributed by atoms with Gasteiger partial charge in [-0.25, -0.2) is 4.98 Å². The molecule has 1 amide bonds. The number of nitrogens with zero attached hydrogens (tertiary/aromatic N) is 5. The predicted octanol–water partition coefficient (Wildman–Crippen LogP) is 4.69. The molecule has 0 aliphatic carbocycles. The van der Waals surface area contributed by atoms with Crippen molar-refractivity contribution in [2.24, 2.45) is 0 Å². The van der Waals surface area contributed by atoms with Gasteiger partial charge in [-0.2, -0.15) is 0 Å². The van der Waals surface area contributed by atoms with Gasteiger partial charge in [0.05, 0.1) is 6.33 Å². The summed E-state index contributed by atoms with van der Waals surface area (Å²) in [5.41, 5.74) is 3.70. The quantitative estimate of drug-likeness (QED) is 0.296. The second-order valence-corrected chi connectivity index (χ2v) is 10.1. The molecule has 4 aromatic rings. The van der Waals surface area contributed by atoms with E-state index >= 15 is 0 Å². The number of carbonyl (C=O) groups excluding carboxylic acids is 1. The van der Waals surface area contributed by atoms with E-state index in [2.05, 4.69) is 91.0 Å². The van der Waals surface area contributed by atoms with Crippen LogP contribution < -0.4 is 0 Å². The van der Waals surface area contributed by atoms with Crippen molar-refractivity contribution in [2.75, 3.05) is 26.2 Å². The van der Waals surface area contributed by atoms with Gasteiger partial charge in [0, 0.05) is 64.8 Å². The summed E-state index contributed by atoms with van der Waals surface area (Å²) in [4.78, 5) is 25.4. The van der Waals surface area contributed by atoms with Crippen molar-refractivity contribution in [1.29, 1.82) is 0 Å². The van der Waals surface area contributed by atoms with E-state index in [4.69, 9.17) is 0 Å². The standard InChI is InChI=1S/C32H37N5O/c38-32(37(25-30-15-8-3-9-16-30)19-10-18-34-20-17-33-27-34)31-26-35(23-28-11-4-1-5-12-28)21-22-36(31)24-29-13-6-2-7-14-29/h1-9,11-17,20,27,31H,10,18-19,21-26H2/t31-/m1/s1. The number of hydrogen-bond donors (Lipinski definition) is 0. The van der Waals surface area contributed by atoms with Crippen molar-refractivity contribution in [3.63, 3.8) is 0 Å². The van der Waals surface area contributed by atoms with Crippen molar-refractivity contribution in [1.82, 2.24) is 24.3 Å². The van der Waals surface area contributed by atoms with Crippen LogP contribution in [-0.2, 0) is 31.0 Å². The maximum absolute atomic E-state index is 14.3. The number of imidazole rings is 1. The molecule has 1 atom stereocenters. The summed E-state index contributed by atoms with van der Waals surface area (Å²) >= 11 is 0. The minimum atomic E-state index is -0.190. The van der Waals surface area contributed by atoms with Gasteiger partial charge in [0.1, 0.15) is 6.04 Å². The van der Waals surface area contributed by atoms with Crippen LogP contribution in [0.5, 0.6) is 0 Å². The van der Waals surface area contributed by atoms with Gasteiger partial charge < -0.3 is 9.47 Å². The van der Waals surface area contributed by atoms with Crippen LogP contribution in [0.4, 0.5) is 0 Å². The molecular weight excluding hydrogens is 470 g/mol. The zero-order valence-corrected chi connectivity index (χ0v) is 22.0. The number of amides is 1. The Morgan fingerprint density at radius 1 is 0.816 bits per heavy atom. The highest BCUT2D eigenvalue weighted by Crippen LogP contribution is 2.20. The van der Waals surface area contributed by atoms with E-state index in [0.717, 1.165) is 51.3 Å². The van der Waals surface area contributed by atoms with E-state index < -0.39 is 0 Å². The van der Waals surface area contributed by atoms with Crippen molar-refractivity contribution in [3.05, 3.63) is 126 Å². The first-order chi connectivity index (χ1) is 18.7. The minimum absolute atomic E-state index is 0.190. The Balaban J connectivity index is 1.35. The molecule has 2 heterocycles. The van der Waals surface area contributed by atoms with Gasteiger partial charge in [0.15, 0.2) is 0 Å². The van der Waals surface area contributed by atoms with Crippen LogP contribution in [0.2, 0.25) is 0 Å². The first kappa shape index (κ1) is 25.9. The topological polar surface area (TPSA) is 44.6 Å². The number of aryl methyl sites for hydroxylation is 1. The lowest BCUT2D eigenvalue weighted by molar-refractivity contribution is -0.140. The molecule has 196 valence electrons. The molecule has 6 heteroatoms. The van der Waals surface area contributed by atoms with E-state index in [0.29, 0.717) is 13.1 Å². The predicted molar refractivity (Wildman–Crippen MR) is 151 cm³/mol. The highest BCUT2D eigenvalue weighted by atomic mass is 16.2. The second kappa shape index (κ2) is 13.2. The number of rotatable bonds is 11. The van der Waals surface area contributed by atoms with Crippen LogP contribution in [0.15, 0.2) is 110 Å². The molecule has 1 saturated heterocycles. The van der Waals surface area contributed by atoms with Crippen LogP contribution >= 0.6 is 0 Å². The summed E-state index contributed by atoms with van der Waals surface area (Å²) < 4.78 is 2.08. The Hall–Kier alpha value is -3.74. The SMILES string of the molecule is O=C([C@H]1CN(Cc2ccccc2)CCN1Cc1ccccc1)N(CCCn1ccnc1)Cc1ccccc1. The van der Waals surface area contributed by atoms with Crippen LogP contribution in [0.1, 0.15) is 23.1 Å². The Morgan fingerprint density at radius 3 is 2.08 bits per heavy atom. The lowest BCUT2D eigenvalue weighted by atomic mass is 10.1. The van der Waals surface area contributed by atoms with E-state index in [1.807, 2.05) is 36.8 Å². The number of carbonyl (C=O) groups is 1. The molecule has 1 aliphatic heterocycles. The highest BCUT2D eigenvalue weighted by molar-refractivity contribution is 5.82. The normalized spacial score (nSPS) is 16.4. The van der Waals surface area contributed by atoms with Gasteiger partial charge in [0.25, 0.3) is 0 Å². The fourth-order valence-corrected chi connectivity index (χ4v) is 5.25. The molecule has 0 radical (unpaired) electrons. The Bertz CT molecular complexity index is 1230. The van der Waals surface area contributed by atoms with Crippen LogP contribution in [0, 0.1) is 0 Å². The maximum atomic E-state index is 14.3. The molecule has 0 spiro atoms. The number of piperazine rings is 1. The maximum Gasteiger partial charge on any atom is 0.241 e. The summed E-state index contributed by atoms with van der Waals surface area (Å²) in [6.07, 6.45) is 6.51. The lowest BCUT2D eigenvalue weighted by Crippen LogP contribution is -2.59. The molecule has 1 aromatic heterocycles. The Labute approximate surface area is 226 Å². The number of aromatic nitrogens is 2. The monoisotopic (exact) mass is 507 g/mol. The smallest absolute Gasteiger partial charge is 0.241 e. The molecule has 0 unspecified atom stereocenters. The van der Waals surface area contributed by atoms with Gasteiger partial charge in [0.2, 0.25) is 5.91 Å². The van der Waals surface area contributed by atoms with Crippen LogP contribution in [0.25, 0.3) is 0 Å². The molecule has 3 aromatic carbocycles. The third-order valence-corrected chi connectivity index (χ3v) is 7.27. The van der Waals surface area contributed by atoms with Gasteiger partial charge >= 0.3 is 0 Å². The van der Waals surface area contributed by atoms with E-state index in [9.17, 15) is 4.79 Å². The molecule has 1 aliphatic rings. The zero-order chi connectivity index (χ0) is 26.0. The van der Waals surface area contributed by atoms with Gasteiger partial charge in [-0.05, 0) is 23.1 Å². The first-order valence-corrected chi connectivity index (χ1v) is 13.6. The molecule has 0 saturated carbocycles. The Morgan fingerprint density at radius 2 is 1.45 bits per heavy atom. The van der Waals surface area contributed by atoms with Gasteiger partial charge in [-0.3, -0.25) is 14.6 Å². The third-order valence-electron chi connectivity index (χ3n) is 7.27. The molecular formula is C32H37N5O. The van der Waals surface area contributed by atoms with Gasteiger partial charge in [-0.1, -0.05) is 91.0 Å².